The minimum Gasteiger partial charge on any atom is -0.350 e. The van der Waals surface area contributed by atoms with Crippen LogP contribution >= 0.6 is 18.9 Å². The molecule has 0 spiro atoms. The van der Waals surface area contributed by atoms with Crippen LogP contribution in [0.4, 0.5) is 5.13 Å². The fraction of sp³-hybridized carbons (Fsp3) is 0.100. The summed E-state index contributed by atoms with van der Waals surface area (Å²) in [5.41, 5.74) is 1.04. The number of anilines is 1. The van der Waals surface area contributed by atoms with Crippen molar-refractivity contribution in [2.45, 2.75) is 0 Å². The maximum Gasteiger partial charge on any atom is 0.344 e. The molecule has 0 saturated heterocycles. The van der Waals surface area contributed by atoms with E-state index in [-0.39, 0.29) is 0 Å². The lowest BCUT2D eigenvalue weighted by Gasteiger charge is -2.03. The van der Waals surface area contributed by atoms with Crippen LogP contribution in [0.2, 0.25) is 0 Å². The molecule has 90 valence electrons. The van der Waals surface area contributed by atoms with Crippen LogP contribution in [-0.2, 0) is 4.57 Å². The zero-order valence-electron chi connectivity index (χ0n) is 8.78. The fourth-order valence-corrected chi connectivity index (χ4v) is 2.54. The maximum atomic E-state index is 10.7. The van der Waals surface area contributed by atoms with Crippen molar-refractivity contribution in [2.24, 2.45) is 0 Å². The molecule has 0 aliphatic carbocycles. The molecule has 1 aromatic heterocycles. The summed E-state index contributed by atoms with van der Waals surface area (Å²) in [6.45, 7) is 0. The first-order valence-corrected chi connectivity index (χ1v) is 7.46. The van der Waals surface area contributed by atoms with E-state index in [2.05, 4.69) is 10.3 Å². The summed E-state index contributed by atoms with van der Waals surface area (Å²) in [6, 6.07) is 9.70. The van der Waals surface area contributed by atoms with Gasteiger partial charge in [-0.05, 0) is 5.56 Å². The standard InChI is InChI=1S/C10H11N2O3PS/c13-16(14,15)7-12-10-11-6-9(17-10)8-4-2-1-3-5-8/h1-6H,7H2,(H,11,12)(H2,13,14,15). The maximum absolute atomic E-state index is 10.7. The Morgan fingerprint density at radius 1 is 1.29 bits per heavy atom. The molecule has 0 saturated carbocycles. The van der Waals surface area contributed by atoms with Crippen molar-refractivity contribution in [3.63, 3.8) is 0 Å². The minimum atomic E-state index is -4.04. The highest BCUT2D eigenvalue weighted by atomic mass is 32.1. The molecule has 0 unspecified atom stereocenters. The van der Waals surface area contributed by atoms with E-state index in [1.165, 1.54) is 11.3 Å². The van der Waals surface area contributed by atoms with Crippen molar-refractivity contribution in [2.75, 3.05) is 11.6 Å². The minimum absolute atomic E-state index is 0.394. The van der Waals surface area contributed by atoms with Crippen molar-refractivity contribution in [3.05, 3.63) is 36.5 Å². The summed E-state index contributed by atoms with van der Waals surface area (Å²) >= 11 is 1.36. The Hall–Kier alpha value is -1.20. The number of aromatic nitrogens is 1. The molecule has 0 radical (unpaired) electrons. The third-order valence-corrected chi connectivity index (χ3v) is 3.57. The third-order valence-electron chi connectivity index (χ3n) is 2.00. The molecule has 3 N–H and O–H groups in total. The van der Waals surface area contributed by atoms with Crippen LogP contribution in [-0.4, -0.2) is 21.1 Å². The molecular weight excluding hydrogens is 259 g/mol. The van der Waals surface area contributed by atoms with Gasteiger partial charge >= 0.3 is 7.60 Å². The SMILES string of the molecule is O=P(O)(O)CNc1ncc(-c2ccccc2)s1. The predicted molar refractivity (Wildman–Crippen MR) is 68.1 cm³/mol. The second-order valence-corrected chi connectivity index (χ2v) is 6.07. The number of thiazole rings is 1. The third kappa shape index (κ3) is 3.64. The van der Waals surface area contributed by atoms with Gasteiger partial charge in [0, 0.05) is 6.20 Å². The van der Waals surface area contributed by atoms with Gasteiger partial charge in [0.05, 0.1) is 4.88 Å². The highest BCUT2D eigenvalue weighted by molar-refractivity contribution is 7.51. The molecule has 0 fully saturated rings. The van der Waals surface area contributed by atoms with Gasteiger partial charge in [0.1, 0.15) is 6.29 Å². The van der Waals surface area contributed by atoms with Gasteiger partial charge in [0.25, 0.3) is 0 Å². The summed E-state index contributed by atoms with van der Waals surface area (Å²) in [5.74, 6) is 0. The average molecular weight is 270 g/mol. The first kappa shape index (κ1) is 12.3. The van der Waals surface area contributed by atoms with E-state index in [1.807, 2.05) is 30.3 Å². The van der Waals surface area contributed by atoms with Gasteiger partial charge in [0.15, 0.2) is 5.13 Å². The molecule has 0 aliphatic heterocycles. The summed E-state index contributed by atoms with van der Waals surface area (Å²) in [7, 11) is -4.04. The lowest BCUT2D eigenvalue weighted by molar-refractivity contribution is 0.375. The Morgan fingerprint density at radius 3 is 2.65 bits per heavy atom. The number of benzene rings is 1. The van der Waals surface area contributed by atoms with Gasteiger partial charge in [0.2, 0.25) is 0 Å². The number of nitrogens with one attached hydrogen (secondary N) is 1. The monoisotopic (exact) mass is 270 g/mol. The zero-order chi connectivity index (χ0) is 12.3. The second-order valence-electron chi connectivity index (χ2n) is 3.40. The van der Waals surface area contributed by atoms with Crippen LogP contribution in [0.3, 0.4) is 0 Å². The number of nitrogens with zero attached hydrogens (tertiary/aromatic N) is 1. The molecule has 1 heterocycles. The number of rotatable bonds is 4. The zero-order valence-corrected chi connectivity index (χ0v) is 10.5. The summed E-state index contributed by atoms with van der Waals surface area (Å²) in [4.78, 5) is 22.5. The molecule has 1 aromatic carbocycles. The van der Waals surface area contributed by atoms with Gasteiger partial charge in [-0.15, -0.1) is 0 Å². The number of hydrogen-bond donors (Lipinski definition) is 3. The predicted octanol–water partition coefficient (Wildman–Crippen LogP) is 2.36. The van der Waals surface area contributed by atoms with Crippen LogP contribution in [0.25, 0.3) is 10.4 Å². The number of hydrogen-bond acceptors (Lipinski definition) is 4. The van der Waals surface area contributed by atoms with Gasteiger partial charge in [-0.2, -0.15) is 0 Å². The Morgan fingerprint density at radius 2 is 2.00 bits per heavy atom. The van der Waals surface area contributed by atoms with Crippen LogP contribution in [0.15, 0.2) is 36.5 Å². The van der Waals surface area contributed by atoms with E-state index in [1.54, 1.807) is 6.20 Å². The van der Waals surface area contributed by atoms with E-state index in [9.17, 15) is 4.57 Å². The van der Waals surface area contributed by atoms with Gasteiger partial charge in [-0.25, -0.2) is 4.98 Å². The van der Waals surface area contributed by atoms with Crippen molar-refractivity contribution in [1.29, 1.82) is 0 Å². The topological polar surface area (TPSA) is 82.5 Å². The normalized spacial score (nSPS) is 11.4. The van der Waals surface area contributed by atoms with Crippen molar-refractivity contribution >= 4 is 24.1 Å². The highest BCUT2D eigenvalue weighted by Crippen LogP contribution is 2.35. The molecule has 0 aliphatic rings. The quantitative estimate of drug-likeness (QED) is 0.743. The lowest BCUT2D eigenvalue weighted by Crippen LogP contribution is -2.00. The highest BCUT2D eigenvalue weighted by Gasteiger charge is 2.13. The van der Waals surface area contributed by atoms with Crippen LogP contribution < -0.4 is 5.32 Å². The molecular formula is C10H11N2O3PS. The van der Waals surface area contributed by atoms with E-state index in [0.29, 0.717) is 5.13 Å². The Balaban J connectivity index is 2.09. The van der Waals surface area contributed by atoms with Gasteiger partial charge in [-0.1, -0.05) is 41.7 Å². The van der Waals surface area contributed by atoms with E-state index >= 15 is 0 Å². The Kier molecular flexibility index (Phi) is 3.59. The van der Waals surface area contributed by atoms with Crippen molar-refractivity contribution < 1.29 is 14.4 Å². The molecule has 17 heavy (non-hydrogen) atoms. The molecule has 5 nitrogen and oxygen atoms in total. The first-order valence-electron chi connectivity index (χ1n) is 4.84. The van der Waals surface area contributed by atoms with Crippen molar-refractivity contribution in [3.8, 4) is 10.4 Å². The van der Waals surface area contributed by atoms with E-state index in [0.717, 1.165) is 10.4 Å². The second kappa shape index (κ2) is 4.98. The van der Waals surface area contributed by atoms with Crippen LogP contribution in [0, 0.1) is 0 Å². The lowest BCUT2D eigenvalue weighted by atomic mass is 10.2. The molecule has 0 atom stereocenters. The summed E-state index contributed by atoms with van der Waals surface area (Å²) in [6.07, 6.45) is 1.29. The molecule has 2 aromatic rings. The Bertz CT molecular complexity index is 537. The summed E-state index contributed by atoms with van der Waals surface area (Å²) in [5, 5.41) is 3.13. The van der Waals surface area contributed by atoms with E-state index < -0.39 is 13.9 Å². The largest absolute Gasteiger partial charge is 0.350 e. The van der Waals surface area contributed by atoms with Gasteiger partial charge in [-0.3, -0.25) is 4.57 Å². The first-order chi connectivity index (χ1) is 8.04. The Labute approximate surface area is 102 Å². The molecule has 7 heteroatoms. The van der Waals surface area contributed by atoms with Crippen molar-refractivity contribution in [1.82, 2.24) is 4.98 Å². The van der Waals surface area contributed by atoms with Crippen LogP contribution in [0.5, 0.6) is 0 Å². The van der Waals surface area contributed by atoms with Crippen LogP contribution in [0.1, 0.15) is 0 Å². The van der Waals surface area contributed by atoms with Gasteiger partial charge < -0.3 is 15.1 Å². The summed E-state index contributed by atoms with van der Waals surface area (Å²) < 4.78 is 10.7. The molecule has 0 bridgehead atoms. The average Bonchev–Trinajstić information content (AvgIpc) is 2.75. The smallest absolute Gasteiger partial charge is 0.344 e. The fourth-order valence-electron chi connectivity index (χ4n) is 1.26. The molecule has 0 amide bonds. The molecule has 2 rings (SSSR count). The van der Waals surface area contributed by atoms with E-state index in [4.69, 9.17) is 9.79 Å².